The molecule has 0 saturated heterocycles. The first kappa shape index (κ1) is 11.3. The lowest BCUT2D eigenvalue weighted by atomic mass is 10.2. The van der Waals surface area contributed by atoms with Gasteiger partial charge in [0.05, 0.1) is 5.39 Å². The van der Waals surface area contributed by atoms with Gasteiger partial charge >= 0.3 is 0 Å². The molecule has 0 atom stereocenters. The number of fused-ring (bicyclic) bond motifs is 1. The highest BCUT2D eigenvalue weighted by Crippen LogP contribution is 2.30. The van der Waals surface area contributed by atoms with Crippen LogP contribution in [0.2, 0.25) is 0 Å². The van der Waals surface area contributed by atoms with Gasteiger partial charge in [-0.2, -0.15) is 0 Å². The van der Waals surface area contributed by atoms with Crippen LogP contribution in [0.4, 0.5) is 5.82 Å². The lowest BCUT2D eigenvalue weighted by Crippen LogP contribution is -2.01. The summed E-state index contributed by atoms with van der Waals surface area (Å²) in [6.45, 7) is 6.41. The van der Waals surface area contributed by atoms with Crippen molar-refractivity contribution in [2.24, 2.45) is 0 Å². The molecular formula is C12H17N3S. The summed E-state index contributed by atoms with van der Waals surface area (Å²) in [4.78, 5) is 11.6. The summed E-state index contributed by atoms with van der Waals surface area (Å²) in [6.07, 6.45) is 1.06. The molecule has 0 unspecified atom stereocenters. The van der Waals surface area contributed by atoms with E-state index in [1.807, 2.05) is 7.05 Å². The summed E-state index contributed by atoms with van der Waals surface area (Å²) in [7, 11) is 1.91. The lowest BCUT2D eigenvalue weighted by molar-refractivity contribution is 0.785. The summed E-state index contributed by atoms with van der Waals surface area (Å²) < 4.78 is 0. The number of aromatic nitrogens is 2. The van der Waals surface area contributed by atoms with Crippen LogP contribution in [0.3, 0.4) is 0 Å². The fourth-order valence-corrected chi connectivity index (χ4v) is 2.59. The predicted octanol–water partition coefficient (Wildman–Crippen LogP) is 3.42. The van der Waals surface area contributed by atoms with Crippen molar-refractivity contribution in [3.05, 3.63) is 16.8 Å². The van der Waals surface area contributed by atoms with E-state index in [0.717, 1.165) is 28.3 Å². The van der Waals surface area contributed by atoms with Crippen molar-refractivity contribution >= 4 is 27.4 Å². The van der Waals surface area contributed by atoms with Crippen molar-refractivity contribution < 1.29 is 0 Å². The summed E-state index contributed by atoms with van der Waals surface area (Å²) in [5.41, 5.74) is 0. The van der Waals surface area contributed by atoms with E-state index in [1.165, 1.54) is 4.88 Å². The number of hydrogen-bond acceptors (Lipinski definition) is 4. The second kappa shape index (κ2) is 4.37. The first-order chi connectivity index (χ1) is 7.65. The van der Waals surface area contributed by atoms with Gasteiger partial charge in [-0.1, -0.05) is 20.8 Å². The van der Waals surface area contributed by atoms with Crippen molar-refractivity contribution in [2.75, 3.05) is 12.4 Å². The Labute approximate surface area is 99.9 Å². The largest absolute Gasteiger partial charge is 0.372 e. The molecule has 0 aliphatic rings. The molecule has 0 aliphatic heterocycles. The second-order valence-electron chi connectivity index (χ2n) is 4.12. The molecule has 0 radical (unpaired) electrons. The zero-order valence-electron chi connectivity index (χ0n) is 10.2. The minimum atomic E-state index is 0.365. The predicted molar refractivity (Wildman–Crippen MR) is 70.4 cm³/mol. The smallest absolute Gasteiger partial charge is 0.138 e. The quantitative estimate of drug-likeness (QED) is 0.885. The van der Waals surface area contributed by atoms with Gasteiger partial charge in [0.15, 0.2) is 0 Å². The number of aryl methyl sites for hydroxylation is 1. The van der Waals surface area contributed by atoms with Gasteiger partial charge in [0, 0.05) is 17.8 Å². The van der Waals surface area contributed by atoms with E-state index in [0.29, 0.717) is 5.92 Å². The van der Waals surface area contributed by atoms with Crippen LogP contribution in [0.25, 0.3) is 10.2 Å². The highest BCUT2D eigenvalue weighted by molar-refractivity contribution is 7.18. The molecule has 2 aromatic heterocycles. The monoisotopic (exact) mass is 235 g/mol. The molecule has 0 amide bonds. The van der Waals surface area contributed by atoms with Gasteiger partial charge in [-0.25, -0.2) is 9.97 Å². The number of nitrogens with zero attached hydrogens (tertiary/aromatic N) is 2. The summed E-state index contributed by atoms with van der Waals surface area (Å²) >= 11 is 1.77. The van der Waals surface area contributed by atoms with Gasteiger partial charge in [-0.05, 0) is 12.5 Å². The number of rotatable bonds is 3. The molecule has 1 N–H and O–H groups in total. The fourth-order valence-electron chi connectivity index (χ4n) is 1.61. The minimum absolute atomic E-state index is 0.365. The molecule has 0 spiro atoms. The molecular weight excluding hydrogens is 218 g/mol. The highest BCUT2D eigenvalue weighted by atomic mass is 32.1. The maximum Gasteiger partial charge on any atom is 0.138 e. The van der Waals surface area contributed by atoms with Gasteiger partial charge in [0.1, 0.15) is 16.5 Å². The maximum absolute atomic E-state index is 4.62. The van der Waals surface area contributed by atoms with E-state index in [2.05, 4.69) is 42.1 Å². The van der Waals surface area contributed by atoms with E-state index in [1.54, 1.807) is 11.3 Å². The minimum Gasteiger partial charge on any atom is -0.372 e. The van der Waals surface area contributed by atoms with Crippen LogP contribution < -0.4 is 5.32 Å². The molecule has 2 rings (SSSR count). The van der Waals surface area contributed by atoms with Gasteiger partial charge < -0.3 is 5.32 Å². The molecule has 0 bridgehead atoms. The van der Waals surface area contributed by atoms with Crippen molar-refractivity contribution in [3.8, 4) is 0 Å². The number of nitrogens with one attached hydrogen (secondary N) is 1. The Morgan fingerprint density at radius 1 is 1.38 bits per heavy atom. The van der Waals surface area contributed by atoms with Crippen molar-refractivity contribution in [1.82, 2.24) is 9.97 Å². The molecule has 4 heteroatoms. The van der Waals surface area contributed by atoms with E-state index in [9.17, 15) is 0 Å². The summed E-state index contributed by atoms with van der Waals surface area (Å²) in [5.74, 6) is 2.23. The third-order valence-electron chi connectivity index (χ3n) is 2.56. The van der Waals surface area contributed by atoms with Crippen molar-refractivity contribution in [3.63, 3.8) is 0 Å². The number of hydrogen-bond donors (Lipinski definition) is 1. The van der Waals surface area contributed by atoms with Gasteiger partial charge in [-0.3, -0.25) is 0 Å². The van der Waals surface area contributed by atoms with Crippen molar-refractivity contribution in [2.45, 2.75) is 33.1 Å². The van der Waals surface area contributed by atoms with Crippen LogP contribution in [0.1, 0.15) is 37.4 Å². The highest BCUT2D eigenvalue weighted by Gasteiger charge is 2.11. The Bertz CT molecular complexity index is 502. The summed E-state index contributed by atoms with van der Waals surface area (Å²) in [5, 5.41) is 4.31. The van der Waals surface area contributed by atoms with Crippen LogP contribution in [0.15, 0.2) is 6.07 Å². The number of anilines is 1. The van der Waals surface area contributed by atoms with Crippen LogP contribution in [0, 0.1) is 0 Å². The van der Waals surface area contributed by atoms with E-state index < -0.39 is 0 Å². The van der Waals surface area contributed by atoms with Crippen LogP contribution in [-0.4, -0.2) is 17.0 Å². The van der Waals surface area contributed by atoms with Gasteiger partial charge in [0.25, 0.3) is 0 Å². The second-order valence-corrected chi connectivity index (χ2v) is 5.24. The van der Waals surface area contributed by atoms with E-state index in [4.69, 9.17) is 0 Å². The Kier molecular flexibility index (Phi) is 3.10. The standard InChI is InChI=1S/C12H17N3S/c1-5-8-6-9-11(13-4)14-10(7(2)3)15-12(9)16-8/h6-7H,5H2,1-4H3,(H,13,14,15). The zero-order valence-corrected chi connectivity index (χ0v) is 11.0. The molecule has 2 heterocycles. The molecule has 0 aromatic carbocycles. The topological polar surface area (TPSA) is 37.8 Å². The molecule has 16 heavy (non-hydrogen) atoms. The first-order valence-corrected chi connectivity index (χ1v) is 6.45. The molecule has 86 valence electrons. The van der Waals surface area contributed by atoms with E-state index >= 15 is 0 Å². The first-order valence-electron chi connectivity index (χ1n) is 5.63. The van der Waals surface area contributed by atoms with Crippen molar-refractivity contribution in [1.29, 1.82) is 0 Å². The Hall–Kier alpha value is -1.16. The third kappa shape index (κ3) is 1.89. The third-order valence-corrected chi connectivity index (χ3v) is 3.74. The molecule has 0 saturated carbocycles. The van der Waals surface area contributed by atoms with Crippen LogP contribution >= 0.6 is 11.3 Å². The summed E-state index contributed by atoms with van der Waals surface area (Å²) in [6, 6.07) is 2.19. The van der Waals surface area contributed by atoms with Gasteiger partial charge in [-0.15, -0.1) is 11.3 Å². The zero-order chi connectivity index (χ0) is 11.7. The lowest BCUT2D eigenvalue weighted by Gasteiger charge is -2.07. The normalized spacial score (nSPS) is 11.3. The van der Waals surface area contributed by atoms with E-state index in [-0.39, 0.29) is 0 Å². The SMILES string of the molecule is CCc1cc2c(NC)nc(C(C)C)nc2s1. The Balaban J connectivity index is 2.66. The molecule has 2 aromatic rings. The Morgan fingerprint density at radius 2 is 2.12 bits per heavy atom. The molecule has 3 nitrogen and oxygen atoms in total. The molecule has 0 aliphatic carbocycles. The van der Waals surface area contributed by atoms with Crippen LogP contribution in [0.5, 0.6) is 0 Å². The van der Waals surface area contributed by atoms with Crippen LogP contribution in [-0.2, 0) is 6.42 Å². The van der Waals surface area contributed by atoms with Gasteiger partial charge in [0.2, 0.25) is 0 Å². The number of thiophene rings is 1. The maximum atomic E-state index is 4.62. The fraction of sp³-hybridized carbons (Fsp3) is 0.500. The average molecular weight is 235 g/mol. The average Bonchev–Trinajstić information content (AvgIpc) is 2.70. The Morgan fingerprint density at radius 3 is 2.69 bits per heavy atom. The molecule has 0 fully saturated rings.